The van der Waals surface area contributed by atoms with E-state index in [1.54, 1.807) is 24.3 Å². The average Bonchev–Trinajstić information content (AvgIpc) is 2.15. The normalized spacial score (nSPS) is 10.7. The summed E-state index contributed by atoms with van der Waals surface area (Å²) in [7, 11) is 0. The molecule has 0 radical (unpaired) electrons. The Morgan fingerprint density at radius 1 is 1.35 bits per heavy atom. The maximum Gasteiger partial charge on any atom is 0.405 e. The highest BCUT2D eigenvalue weighted by molar-refractivity contribution is 5.99. The lowest BCUT2D eigenvalue weighted by Crippen LogP contribution is -2.51. The monoisotopic (exact) mass is 237 g/mol. The van der Waals surface area contributed by atoms with Crippen LogP contribution in [0.5, 0.6) is 0 Å². The van der Waals surface area contributed by atoms with Crippen molar-refractivity contribution in [1.29, 1.82) is 0 Å². The average molecular weight is 237 g/mol. The maximum atomic E-state index is 11.8. The van der Waals surface area contributed by atoms with E-state index in [-0.39, 0.29) is 0 Å². The molecule has 5 N–H and O–H groups in total. The van der Waals surface area contributed by atoms with E-state index in [1.807, 2.05) is 0 Å². The molecule has 0 aliphatic heterocycles. The summed E-state index contributed by atoms with van der Waals surface area (Å²) in [6.07, 6.45) is -1.25. The van der Waals surface area contributed by atoms with Crippen LogP contribution in [-0.4, -0.2) is 22.6 Å². The van der Waals surface area contributed by atoms with Crippen LogP contribution in [0.2, 0.25) is 0 Å². The van der Waals surface area contributed by atoms with Crippen molar-refractivity contribution in [1.82, 2.24) is 5.32 Å². The van der Waals surface area contributed by atoms with E-state index < -0.39 is 17.5 Å². The van der Waals surface area contributed by atoms with Gasteiger partial charge in [-0.05, 0) is 32.0 Å². The molecule has 0 spiro atoms. The Morgan fingerprint density at radius 3 is 2.53 bits per heavy atom. The number of carbonyl (C=O) groups excluding carboxylic acids is 1. The van der Waals surface area contributed by atoms with Crippen LogP contribution < -0.4 is 16.4 Å². The predicted octanol–water partition coefficient (Wildman–Crippen LogP) is 1.25. The van der Waals surface area contributed by atoms with Gasteiger partial charge in [0.05, 0.1) is 0 Å². The maximum absolute atomic E-state index is 11.8. The van der Waals surface area contributed by atoms with Crippen LogP contribution in [0.3, 0.4) is 0 Å². The van der Waals surface area contributed by atoms with Gasteiger partial charge in [-0.2, -0.15) is 0 Å². The fraction of sp³-hybridized carbons (Fsp3) is 0.273. The summed E-state index contributed by atoms with van der Waals surface area (Å²) < 4.78 is 0. The SMILES string of the molecule is CC(C)(NC(=O)O)C(=O)Nc1cccc(N)c1. The number of hydrogen-bond donors (Lipinski definition) is 4. The summed E-state index contributed by atoms with van der Waals surface area (Å²) >= 11 is 0. The number of benzene rings is 1. The van der Waals surface area contributed by atoms with Crippen LogP contribution in [0.1, 0.15) is 13.8 Å². The van der Waals surface area contributed by atoms with Crippen LogP contribution in [0.4, 0.5) is 16.2 Å². The molecule has 6 heteroatoms. The van der Waals surface area contributed by atoms with E-state index in [0.717, 1.165) is 0 Å². The second kappa shape index (κ2) is 4.73. The molecular weight excluding hydrogens is 222 g/mol. The first-order chi connectivity index (χ1) is 7.81. The van der Waals surface area contributed by atoms with Crippen LogP contribution in [-0.2, 0) is 4.79 Å². The Hall–Kier alpha value is -2.24. The molecule has 0 heterocycles. The van der Waals surface area contributed by atoms with E-state index in [1.165, 1.54) is 13.8 Å². The zero-order valence-electron chi connectivity index (χ0n) is 9.65. The molecule has 0 saturated heterocycles. The molecule has 0 aliphatic carbocycles. The third-order valence-electron chi connectivity index (χ3n) is 2.13. The number of carbonyl (C=O) groups is 2. The van der Waals surface area contributed by atoms with Gasteiger partial charge in [0.25, 0.3) is 0 Å². The molecule has 6 nitrogen and oxygen atoms in total. The van der Waals surface area contributed by atoms with Gasteiger partial charge in [0.1, 0.15) is 5.54 Å². The highest BCUT2D eigenvalue weighted by Crippen LogP contribution is 2.14. The Morgan fingerprint density at radius 2 is 2.00 bits per heavy atom. The third kappa shape index (κ3) is 3.67. The number of hydrogen-bond acceptors (Lipinski definition) is 3. The Kier molecular flexibility index (Phi) is 3.57. The number of amides is 2. The Labute approximate surface area is 98.8 Å². The Bertz CT molecular complexity index is 443. The third-order valence-corrected chi connectivity index (χ3v) is 2.13. The van der Waals surface area contributed by atoms with E-state index in [4.69, 9.17) is 10.8 Å². The summed E-state index contributed by atoms with van der Waals surface area (Å²) in [4.78, 5) is 22.3. The molecule has 0 aliphatic rings. The second-order valence-corrected chi connectivity index (χ2v) is 4.13. The highest BCUT2D eigenvalue weighted by atomic mass is 16.4. The standard InChI is InChI=1S/C11H15N3O3/c1-11(2,14-10(16)17)9(15)13-8-5-3-4-7(12)6-8/h3-6,14H,12H2,1-2H3,(H,13,15)(H,16,17). The first-order valence-electron chi connectivity index (χ1n) is 4.99. The van der Waals surface area contributed by atoms with E-state index in [0.29, 0.717) is 11.4 Å². The molecule has 17 heavy (non-hydrogen) atoms. The van der Waals surface area contributed by atoms with Crippen molar-refractivity contribution in [2.45, 2.75) is 19.4 Å². The van der Waals surface area contributed by atoms with Crippen molar-refractivity contribution >= 4 is 23.4 Å². The molecule has 0 fully saturated rings. The minimum absolute atomic E-state index is 0.453. The van der Waals surface area contributed by atoms with Gasteiger partial charge in [-0.25, -0.2) is 4.79 Å². The Balaban J connectivity index is 2.75. The zero-order chi connectivity index (χ0) is 13.1. The van der Waals surface area contributed by atoms with Gasteiger partial charge in [-0.1, -0.05) is 6.07 Å². The quantitative estimate of drug-likeness (QED) is 0.594. The lowest BCUT2D eigenvalue weighted by molar-refractivity contribution is -0.121. The molecule has 0 saturated carbocycles. The van der Waals surface area contributed by atoms with E-state index in [2.05, 4.69) is 10.6 Å². The van der Waals surface area contributed by atoms with Gasteiger partial charge < -0.3 is 21.5 Å². The minimum atomic E-state index is -1.25. The smallest absolute Gasteiger partial charge is 0.405 e. The fourth-order valence-corrected chi connectivity index (χ4v) is 1.23. The van der Waals surface area contributed by atoms with E-state index in [9.17, 15) is 9.59 Å². The number of carboxylic acid groups (broad SMARTS) is 1. The highest BCUT2D eigenvalue weighted by Gasteiger charge is 2.29. The predicted molar refractivity (Wildman–Crippen MR) is 64.7 cm³/mol. The summed E-state index contributed by atoms with van der Waals surface area (Å²) in [5.41, 5.74) is 5.39. The van der Waals surface area contributed by atoms with Crippen LogP contribution in [0, 0.1) is 0 Å². The topological polar surface area (TPSA) is 104 Å². The van der Waals surface area contributed by atoms with Crippen molar-refractivity contribution in [3.05, 3.63) is 24.3 Å². The lowest BCUT2D eigenvalue weighted by Gasteiger charge is -2.23. The second-order valence-electron chi connectivity index (χ2n) is 4.13. The molecule has 1 rings (SSSR count). The van der Waals surface area contributed by atoms with Gasteiger partial charge in [-0.3, -0.25) is 4.79 Å². The van der Waals surface area contributed by atoms with Crippen LogP contribution >= 0.6 is 0 Å². The summed E-state index contributed by atoms with van der Waals surface area (Å²) in [5.74, 6) is -0.453. The van der Waals surface area contributed by atoms with Gasteiger partial charge in [0.2, 0.25) is 5.91 Å². The van der Waals surface area contributed by atoms with Crippen LogP contribution in [0.25, 0.3) is 0 Å². The first kappa shape index (κ1) is 12.8. The summed E-state index contributed by atoms with van der Waals surface area (Å²) in [6.45, 7) is 2.95. The number of rotatable bonds is 3. The summed E-state index contributed by atoms with van der Waals surface area (Å²) in [6, 6.07) is 6.65. The molecule has 0 atom stereocenters. The van der Waals surface area contributed by atoms with Crippen molar-refractivity contribution in [2.75, 3.05) is 11.1 Å². The largest absolute Gasteiger partial charge is 0.465 e. The molecule has 0 unspecified atom stereocenters. The van der Waals surface area contributed by atoms with Gasteiger partial charge in [-0.15, -0.1) is 0 Å². The van der Waals surface area contributed by atoms with Crippen LogP contribution in [0.15, 0.2) is 24.3 Å². The molecule has 2 amide bonds. The zero-order valence-corrected chi connectivity index (χ0v) is 9.65. The molecule has 1 aromatic carbocycles. The fourth-order valence-electron chi connectivity index (χ4n) is 1.23. The van der Waals surface area contributed by atoms with Crippen molar-refractivity contribution in [3.63, 3.8) is 0 Å². The lowest BCUT2D eigenvalue weighted by atomic mass is 10.0. The molecule has 0 bridgehead atoms. The van der Waals surface area contributed by atoms with Crippen molar-refractivity contribution in [2.24, 2.45) is 0 Å². The molecule has 0 aromatic heterocycles. The molecule has 1 aromatic rings. The first-order valence-corrected chi connectivity index (χ1v) is 4.99. The number of nitrogens with one attached hydrogen (secondary N) is 2. The minimum Gasteiger partial charge on any atom is -0.465 e. The molecule has 92 valence electrons. The van der Waals surface area contributed by atoms with Gasteiger partial charge >= 0.3 is 6.09 Å². The van der Waals surface area contributed by atoms with Crippen molar-refractivity contribution < 1.29 is 14.7 Å². The number of nitrogen functional groups attached to an aromatic ring is 1. The van der Waals surface area contributed by atoms with Gasteiger partial charge in [0, 0.05) is 11.4 Å². The van der Waals surface area contributed by atoms with Gasteiger partial charge in [0.15, 0.2) is 0 Å². The van der Waals surface area contributed by atoms with E-state index >= 15 is 0 Å². The molecular formula is C11H15N3O3. The summed E-state index contributed by atoms with van der Waals surface area (Å²) in [5, 5.41) is 13.3. The van der Waals surface area contributed by atoms with Crippen molar-refractivity contribution in [3.8, 4) is 0 Å². The number of anilines is 2. The number of nitrogens with two attached hydrogens (primary N) is 1.